The molecule has 454 valence electrons. The molecule has 5 rings (SSSR count). The van der Waals surface area contributed by atoms with Crippen molar-refractivity contribution in [3.8, 4) is 0 Å². The normalized spacial score (nSPS) is 26.0. The molecule has 2 aromatic rings. The third kappa shape index (κ3) is 18.4. The SMILES string of the molecule is CN(C(=O)OC(C)(C)C)[C@@H]1[C@@H](O)[C@@H](O[C@H]2[C@H](NC(=O)[C@@H](O)CNC(=O)OC(C)(C)C)C[C@H](NC(=O)OCc3ccc([N+](=O)[O-])cc3)C(C3OC(CNC(=O)C(F)(F)F)=CC[C@H]3NC(=O)OCc3ccc([N+](=O)[O-])cc3)[C@@H]2O)OC[C@]1(C)O. The summed E-state index contributed by atoms with van der Waals surface area (Å²) >= 11 is 0. The van der Waals surface area contributed by atoms with Crippen LogP contribution in [0.5, 0.6) is 0 Å². The lowest BCUT2D eigenvalue weighted by Crippen LogP contribution is -2.71. The van der Waals surface area contributed by atoms with Crippen LogP contribution >= 0.6 is 0 Å². The number of likely N-dealkylation sites (N-methyl/N-ethyl adjacent to an activating group) is 1. The topological polar surface area (TPSA) is 398 Å². The molecule has 2 aliphatic heterocycles. The minimum atomic E-state index is -5.36. The van der Waals surface area contributed by atoms with Gasteiger partial charge in [0.1, 0.15) is 60.2 Å². The number of non-ortho nitro benzene ring substituents is 2. The van der Waals surface area contributed by atoms with Crippen LogP contribution in [0.1, 0.15) is 72.4 Å². The highest BCUT2D eigenvalue weighted by atomic mass is 19.4. The van der Waals surface area contributed by atoms with E-state index < -0.39 is 175 Å². The quantitative estimate of drug-likeness (QED) is 0.0588. The first-order chi connectivity index (χ1) is 38.0. The Kier molecular flexibility index (Phi) is 21.4. The van der Waals surface area contributed by atoms with Crippen LogP contribution in [-0.2, 0) is 56.0 Å². The molecule has 0 radical (unpaired) electrons. The van der Waals surface area contributed by atoms with E-state index in [1.54, 1.807) is 46.9 Å². The van der Waals surface area contributed by atoms with Crippen molar-refractivity contribution in [3.05, 3.63) is 91.7 Å². The van der Waals surface area contributed by atoms with Crippen LogP contribution in [0, 0.1) is 26.1 Å². The number of nitro benzene ring substituents is 2. The summed E-state index contributed by atoms with van der Waals surface area (Å²) in [5.74, 6) is -5.71. The highest BCUT2D eigenvalue weighted by Gasteiger charge is 2.57. The van der Waals surface area contributed by atoms with E-state index in [0.717, 1.165) is 29.2 Å². The second-order valence-corrected chi connectivity index (χ2v) is 21.7. The largest absolute Gasteiger partial charge is 0.491 e. The number of aliphatic hydroxyl groups is 4. The molecule has 3 aliphatic rings. The van der Waals surface area contributed by atoms with E-state index in [4.69, 9.17) is 33.2 Å². The monoisotopic (exact) mass is 1170 g/mol. The summed E-state index contributed by atoms with van der Waals surface area (Å²) in [5.41, 5.74) is -4.13. The van der Waals surface area contributed by atoms with Crippen LogP contribution in [0.4, 0.5) is 43.7 Å². The van der Waals surface area contributed by atoms with E-state index in [1.807, 2.05) is 0 Å². The van der Waals surface area contributed by atoms with E-state index in [9.17, 15) is 82.6 Å². The molecule has 6 amide bonds. The van der Waals surface area contributed by atoms with E-state index in [1.165, 1.54) is 44.3 Å². The maximum Gasteiger partial charge on any atom is 0.471 e. The number of nitrogens with one attached hydrogen (secondary N) is 5. The molecule has 0 spiro atoms. The zero-order valence-electron chi connectivity index (χ0n) is 45.7. The van der Waals surface area contributed by atoms with Crippen molar-refractivity contribution in [3.63, 3.8) is 0 Å². The van der Waals surface area contributed by atoms with Gasteiger partial charge in [-0.3, -0.25) is 29.8 Å². The van der Waals surface area contributed by atoms with E-state index in [2.05, 4.69) is 21.3 Å². The van der Waals surface area contributed by atoms with Crippen molar-refractivity contribution in [1.82, 2.24) is 31.5 Å². The standard InChI is InChI=1S/C50H67F3N8O21/c1-47(2,3)81-43(67)55-21-33(62)40(65)56-32-19-31(58-45(69)77-23-26-11-15-28(16-12-26)61(74)75)34(35(63)38(32)80-41-36(64)39(49(7,71)24-78-41)59(8)46(70)82-48(4,5)6)37-30(18-17-29(79-37)20-54-42(66)50(51,52)53)57-44(68)76-22-25-9-13-27(14-10-25)60(72)73/h9-17,30-39,41,62-64,71H,18-24H2,1-8H3,(H,54,66)(H,55,67)(H,56,65)(H,57,68)(H,58,69)/t30-,31+,32-,33+,34?,35+,36-,37?,38+,39-,41-,49+/m1/s1. The van der Waals surface area contributed by atoms with Crippen molar-refractivity contribution in [2.45, 2.75) is 158 Å². The highest BCUT2D eigenvalue weighted by Crippen LogP contribution is 2.39. The number of halogens is 3. The van der Waals surface area contributed by atoms with Gasteiger partial charge in [-0.15, -0.1) is 0 Å². The summed E-state index contributed by atoms with van der Waals surface area (Å²) in [7, 11) is 1.20. The number of nitro groups is 2. The Morgan fingerprint density at radius 2 is 1.30 bits per heavy atom. The van der Waals surface area contributed by atoms with Crippen LogP contribution < -0.4 is 26.6 Å². The zero-order valence-corrected chi connectivity index (χ0v) is 45.7. The Morgan fingerprint density at radius 3 is 1.80 bits per heavy atom. The molecular weight excluding hydrogens is 1110 g/mol. The zero-order chi connectivity index (χ0) is 61.2. The molecule has 12 atom stereocenters. The number of hydrogen-bond acceptors (Lipinski definition) is 21. The third-order valence-corrected chi connectivity index (χ3v) is 12.7. The second-order valence-electron chi connectivity index (χ2n) is 21.7. The van der Waals surface area contributed by atoms with Crippen molar-refractivity contribution in [1.29, 1.82) is 0 Å². The molecule has 0 bridgehead atoms. The van der Waals surface area contributed by atoms with Gasteiger partial charge in [0, 0.05) is 43.3 Å². The Hall–Kier alpha value is -7.65. The summed E-state index contributed by atoms with van der Waals surface area (Å²) < 4.78 is 80.2. The average Bonchev–Trinajstić information content (AvgIpc) is 3.34. The Morgan fingerprint density at radius 1 is 0.780 bits per heavy atom. The van der Waals surface area contributed by atoms with Crippen molar-refractivity contribution < 1.29 is 105 Å². The Balaban J connectivity index is 1.59. The first-order valence-corrected chi connectivity index (χ1v) is 25.3. The number of hydrogen-bond donors (Lipinski definition) is 9. The first-order valence-electron chi connectivity index (χ1n) is 25.3. The molecule has 1 saturated heterocycles. The van der Waals surface area contributed by atoms with Crippen LogP contribution in [0.3, 0.4) is 0 Å². The molecule has 1 aliphatic carbocycles. The maximum atomic E-state index is 13.9. The molecule has 32 heteroatoms. The van der Waals surface area contributed by atoms with Gasteiger partial charge < -0.3 is 85.1 Å². The molecule has 2 aromatic carbocycles. The van der Waals surface area contributed by atoms with Crippen LogP contribution in [0.2, 0.25) is 0 Å². The summed E-state index contributed by atoms with van der Waals surface area (Å²) in [4.78, 5) is 101. The fourth-order valence-corrected chi connectivity index (χ4v) is 9.02. The van der Waals surface area contributed by atoms with Gasteiger partial charge in [0.05, 0.1) is 53.8 Å². The lowest BCUT2D eigenvalue weighted by Gasteiger charge is -2.52. The molecule has 9 N–H and O–H groups in total. The number of alkyl halides is 3. The molecule has 0 aromatic heterocycles. The molecule has 82 heavy (non-hydrogen) atoms. The molecule has 2 heterocycles. The van der Waals surface area contributed by atoms with Crippen LogP contribution in [-0.4, -0.2) is 182 Å². The number of alkyl carbamates (subject to hydrolysis) is 3. The van der Waals surface area contributed by atoms with Gasteiger partial charge >= 0.3 is 36.5 Å². The van der Waals surface area contributed by atoms with E-state index in [0.29, 0.717) is 0 Å². The Labute approximate surface area is 466 Å². The summed E-state index contributed by atoms with van der Waals surface area (Å²) in [6, 6.07) is 3.50. The van der Waals surface area contributed by atoms with Gasteiger partial charge in [0.25, 0.3) is 17.3 Å². The van der Waals surface area contributed by atoms with Gasteiger partial charge in [-0.05, 0) is 103 Å². The molecule has 29 nitrogen and oxygen atoms in total. The third-order valence-electron chi connectivity index (χ3n) is 12.7. The second kappa shape index (κ2) is 27.0. The molecule has 1 saturated carbocycles. The van der Waals surface area contributed by atoms with Gasteiger partial charge in [-0.25, -0.2) is 19.2 Å². The first kappa shape index (κ1) is 65.2. The van der Waals surface area contributed by atoms with Gasteiger partial charge in [-0.1, -0.05) is 0 Å². The lowest BCUT2D eigenvalue weighted by atomic mass is 9.72. The molecule has 2 unspecified atom stereocenters. The number of carbonyl (C=O) groups is 6. The number of ether oxygens (including phenoxy) is 7. The Bertz CT molecular complexity index is 2650. The predicted molar refractivity (Wildman–Crippen MR) is 272 cm³/mol. The number of carbonyl (C=O) groups excluding carboxylic acids is 6. The number of nitrogens with zero attached hydrogens (tertiary/aromatic N) is 3. The maximum absolute atomic E-state index is 13.9. The van der Waals surface area contributed by atoms with Gasteiger partial charge in [-0.2, -0.15) is 13.2 Å². The molecular formula is C50H67F3N8O21. The lowest BCUT2D eigenvalue weighted by molar-refractivity contribution is -0.385. The van der Waals surface area contributed by atoms with Gasteiger partial charge in [0.15, 0.2) is 6.29 Å². The number of amides is 6. The average molecular weight is 1170 g/mol. The van der Waals surface area contributed by atoms with Crippen molar-refractivity contribution >= 4 is 47.6 Å². The van der Waals surface area contributed by atoms with Crippen LogP contribution in [0.15, 0.2) is 60.4 Å². The summed E-state index contributed by atoms with van der Waals surface area (Å²) in [5, 5.41) is 81.4. The van der Waals surface area contributed by atoms with E-state index >= 15 is 0 Å². The minimum Gasteiger partial charge on any atom is -0.491 e. The van der Waals surface area contributed by atoms with Crippen LogP contribution in [0.25, 0.3) is 0 Å². The van der Waals surface area contributed by atoms with Crippen molar-refractivity contribution in [2.24, 2.45) is 5.92 Å². The van der Waals surface area contributed by atoms with Gasteiger partial charge in [0.2, 0.25) is 0 Å². The van der Waals surface area contributed by atoms with Crippen molar-refractivity contribution in [2.75, 3.05) is 26.7 Å². The van der Waals surface area contributed by atoms with E-state index in [-0.39, 0.29) is 34.7 Å². The summed E-state index contributed by atoms with van der Waals surface area (Å²) in [6.07, 6.45) is -21.6. The fraction of sp³-hybridized carbons (Fsp3) is 0.600. The fourth-order valence-electron chi connectivity index (χ4n) is 9.02. The minimum absolute atomic E-state index is 0.247. The number of rotatable bonds is 18. The molecule has 2 fully saturated rings. The number of benzene rings is 2. The summed E-state index contributed by atoms with van der Waals surface area (Å²) in [6.45, 7) is 7.18. The smallest absolute Gasteiger partial charge is 0.471 e. The number of aliphatic hydroxyl groups excluding tert-OH is 3. The predicted octanol–water partition coefficient (Wildman–Crippen LogP) is 2.58. The highest BCUT2D eigenvalue weighted by molar-refractivity contribution is 5.82.